The number of aromatic carboxylic acids is 1. The molecule has 0 unspecified atom stereocenters. The number of methoxy groups -OCH3 is 1. The number of carboxylic acid groups (broad SMARTS) is 1. The molecule has 0 bridgehead atoms. The summed E-state index contributed by atoms with van der Waals surface area (Å²) in [5.74, 6) is -1.45. The Balaban J connectivity index is 2.90. The molecule has 1 aromatic rings. The van der Waals surface area contributed by atoms with E-state index in [-0.39, 0.29) is 18.0 Å². The normalized spacial score (nSPS) is 10.5. The lowest BCUT2D eigenvalue weighted by molar-refractivity contribution is -0.139. The summed E-state index contributed by atoms with van der Waals surface area (Å²) in [5.41, 5.74) is 0.587. The first-order valence-electron chi connectivity index (χ1n) is 4.81. The first-order valence-corrected chi connectivity index (χ1v) is 5.18. The van der Waals surface area contributed by atoms with E-state index in [0.717, 1.165) is 0 Å². The average molecular weight is 255 g/mol. The van der Waals surface area contributed by atoms with Crippen LogP contribution >= 0.6 is 11.6 Å². The van der Waals surface area contributed by atoms with Crippen molar-refractivity contribution in [2.45, 2.75) is 6.42 Å². The molecule has 0 saturated carbocycles. The number of hydrogen-bond acceptors (Lipinski definition) is 3. The van der Waals surface area contributed by atoms with Crippen molar-refractivity contribution in [3.05, 3.63) is 40.4 Å². The highest BCUT2D eigenvalue weighted by molar-refractivity contribution is 6.31. The van der Waals surface area contributed by atoms with E-state index in [1.54, 1.807) is 24.3 Å². The van der Waals surface area contributed by atoms with Crippen LogP contribution in [0, 0.1) is 0 Å². The Hall–Kier alpha value is -1.81. The van der Waals surface area contributed by atoms with Crippen LogP contribution < -0.4 is 0 Å². The molecule has 0 heterocycles. The third kappa shape index (κ3) is 3.92. The van der Waals surface area contributed by atoms with Gasteiger partial charge in [-0.05, 0) is 17.7 Å². The molecule has 90 valence electrons. The molecule has 5 heteroatoms. The van der Waals surface area contributed by atoms with Crippen LogP contribution in [0.1, 0.15) is 22.3 Å². The molecule has 0 radical (unpaired) electrons. The SMILES string of the molecule is COC(=O)CC=Cc1ccc(Cl)cc1C(=O)O. The van der Waals surface area contributed by atoms with E-state index in [2.05, 4.69) is 4.74 Å². The summed E-state index contributed by atoms with van der Waals surface area (Å²) >= 11 is 5.71. The Morgan fingerprint density at radius 2 is 2.18 bits per heavy atom. The Morgan fingerprint density at radius 1 is 1.47 bits per heavy atom. The van der Waals surface area contributed by atoms with Crippen LogP contribution in [0.2, 0.25) is 5.02 Å². The fourth-order valence-corrected chi connectivity index (χ4v) is 1.40. The summed E-state index contributed by atoms with van der Waals surface area (Å²) in [6.45, 7) is 0. The predicted octanol–water partition coefficient (Wildman–Crippen LogP) is 2.61. The van der Waals surface area contributed by atoms with Crippen molar-refractivity contribution in [3.63, 3.8) is 0 Å². The van der Waals surface area contributed by atoms with E-state index in [0.29, 0.717) is 10.6 Å². The lowest BCUT2D eigenvalue weighted by atomic mass is 10.1. The number of hydrogen-bond donors (Lipinski definition) is 1. The largest absolute Gasteiger partial charge is 0.478 e. The number of halogens is 1. The van der Waals surface area contributed by atoms with Gasteiger partial charge in [-0.25, -0.2) is 4.79 Å². The summed E-state index contributed by atoms with van der Waals surface area (Å²) in [7, 11) is 1.29. The van der Waals surface area contributed by atoms with Gasteiger partial charge in [-0.15, -0.1) is 0 Å². The van der Waals surface area contributed by atoms with Crippen molar-refractivity contribution in [3.8, 4) is 0 Å². The van der Waals surface area contributed by atoms with E-state index in [9.17, 15) is 9.59 Å². The molecule has 0 saturated heterocycles. The van der Waals surface area contributed by atoms with Crippen molar-refractivity contribution < 1.29 is 19.4 Å². The average Bonchev–Trinajstić information content (AvgIpc) is 2.30. The van der Waals surface area contributed by atoms with Gasteiger partial charge in [0, 0.05) is 5.02 Å². The summed E-state index contributed by atoms with van der Waals surface area (Å²) in [6.07, 6.45) is 3.19. The van der Waals surface area contributed by atoms with Crippen LogP contribution in [0.15, 0.2) is 24.3 Å². The molecule has 0 aliphatic carbocycles. The number of benzene rings is 1. The Labute approximate surface area is 103 Å². The number of esters is 1. The second kappa shape index (κ2) is 6.06. The fourth-order valence-electron chi connectivity index (χ4n) is 1.22. The van der Waals surface area contributed by atoms with E-state index in [4.69, 9.17) is 16.7 Å². The van der Waals surface area contributed by atoms with Crippen LogP contribution in [0.3, 0.4) is 0 Å². The maximum absolute atomic E-state index is 10.9. The van der Waals surface area contributed by atoms with Gasteiger partial charge in [0.15, 0.2) is 0 Å². The highest BCUT2D eigenvalue weighted by atomic mass is 35.5. The number of rotatable bonds is 4. The van der Waals surface area contributed by atoms with Crippen LogP contribution in [-0.4, -0.2) is 24.2 Å². The molecule has 17 heavy (non-hydrogen) atoms. The minimum atomic E-state index is -1.06. The summed E-state index contributed by atoms with van der Waals surface area (Å²) in [6, 6.07) is 4.53. The number of carbonyl (C=O) groups excluding carboxylic acids is 1. The molecule has 0 fully saturated rings. The minimum Gasteiger partial charge on any atom is -0.478 e. The van der Waals surface area contributed by atoms with Crippen molar-refractivity contribution >= 4 is 29.6 Å². The van der Waals surface area contributed by atoms with Crippen molar-refractivity contribution in [2.75, 3.05) is 7.11 Å². The van der Waals surface area contributed by atoms with Gasteiger partial charge in [0.05, 0.1) is 19.1 Å². The lowest BCUT2D eigenvalue weighted by Gasteiger charge is -2.01. The van der Waals surface area contributed by atoms with Crippen LogP contribution in [-0.2, 0) is 9.53 Å². The van der Waals surface area contributed by atoms with Gasteiger partial charge in [0.1, 0.15) is 0 Å². The van der Waals surface area contributed by atoms with E-state index >= 15 is 0 Å². The number of carboxylic acids is 1. The topological polar surface area (TPSA) is 63.6 Å². The Bertz CT molecular complexity index is 466. The van der Waals surface area contributed by atoms with E-state index in [1.165, 1.54) is 13.2 Å². The fraction of sp³-hybridized carbons (Fsp3) is 0.167. The maximum Gasteiger partial charge on any atom is 0.336 e. The summed E-state index contributed by atoms with van der Waals surface area (Å²) in [5, 5.41) is 9.31. The maximum atomic E-state index is 10.9. The highest BCUT2D eigenvalue weighted by Crippen LogP contribution is 2.17. The molecular formula is C12H11ClO4. The van der Waals surface area contributed by atoms with Crippen LogP contribution in [0.25, 0.3) is 6.08 Å². The first kappa shape index (κ1) is 13.3. The smallest absolute Gasteiger partial charge is 0.336 e. The number of ether oxygens (including phenoxy) is 1. The third-order valence-electron chi connectivity index (χ3n) is 2.06. The zero-order valence-electron chi connectivity index (χ0n) is 9.14. The molecule has 0 aliphatic rings. The predicted molar refractivity (Wildman–Crippen MR) is 64.1 cm³/mol. The molecule has 0 atom stereocenters. The lowest BCUT2D eigenvalue weighted by Crippen LogP contribution is -2.00. The van der Waals surface area contributed by atoms with Gasteiger partial charge in [-0.3, -0.25) is 4.79 Å². The third-order valence-corrected chi connectivity index (χ3v) is 2.29. The molecular weight excluding hydrogens is 244 g/mol. The van der Waals surface area contributed by atoms with Gasteiger partial charge in [-0.1, -0.05) is 29.8 Å². The summed E-state index contributed by atoms with van der Waals surface area (Å²) < 4.78 is 4.46. The van der Waals surface area contributed by atoms with Gasteiger partial charge >= 0.3 is 11.9 Å². The first-order chi connectivity index (χ1) is 8.04. The van der Waals surface area contributed by atoms with Gasteiger partial charge in [0.2, 0.25) is 0 Å². The molecule has 1 N–H and O–H groups in total. The highest BCUT2D eigenvalue weighted by Gasteiger charge is 2.08. The van der Waals surface area contributed by atoms with Gasteiger partial charge in [-0.2, -0.15) is 0 Å². The van der Waals surface area contributed by atoms with E-state index in [1.807, 2.05) is 0 Å². The quantitative estimate of drug-likeness (QED) is 0.839. The Morgan fingerprint density at radius 3 is 2.76 bits per heavy atom. The van der Waals surface area contributed by atoms with Gasteiger partial charge < -0.3 is 9.84 Å². The monoisotopic (exact) mass is 254 g/mol. The zero-order chi connectivity index (χ0) is 12.8. The molecule has 4 nitrogen and oxygen atoms in total. The standard InChI is InChI=1S/C12H11ClO4/c1-17-11(14)4-2-3-8-5-6-9(13)7-10(8)12(15)16/h2-3,5-7H,4H2,1H3,(H,15,16). The summed E-state index contributed by atoms with van der Waals surface area (Å²) in [4.78, 5) is 21.8. The Kier molecular flexibility index (Phi) is 4.72. The second-order valence-corrected chi connectivity index (χ2v) is 3.66. The molecule has 1 aromatic carbocycles. The molecule has 0 aromatic heterocycles. The minimum absolute atomic E-state index is 0.0954. The van der Waals surface area contributed by atoms with Crippen LogP contribution in [0.4, 0.5) is 0 Å². The zero-order valence-corrected chi connectivity index (χ0v) is 9.90. The molecule has 0 spiro atoms. The number of carbonyl (C=O) groups is 2. The molecule has 0 aliphatic heterocycles. The van der Waals surface area contributed by atoms with Crippen molar-refractivity contribution in [1.82, 2.24) is 0 Å². The van der Waals surface area contributed by atoms with E-state index < -0.39 is 5.97 Å². The van der Waals surface area contributed by atoms with Crippen LogP contribution in [0.5, 0.6) is 0 Å². The molecule has 1 rings (SSSR count). The van der Waals surface area contributed by atoms with Gasteiger partial charge in [0.25, 0.3) is 0 Å². The second-order valence-electron chi connectivity index (χ2n) is 3.22. The van der Waals surface area contributed by atoms with Crippen molar-refractivity contribution in [1.29, 1.82) is 0 Å². The van der Waals surface area contributed by atoms with Crippen molar-refractivity contribution in [2.24, 2.45) is 0 Å². The molecule has 0 amide bonds.